The number of amides is 2. The molecule has 0 fully saturated rings. The molecule has 0 radical (unpaired) electrons. The van der Waals surface area contributed by atoms with E-state index in [9.17, 15) is 57.5 Å². The number of rotatable bonds is 20. The molecule has 0 bridgehead atoms. The first-order valence-corrected chi connectivity index (χ1v) is 24.4. The Balaban J connectivity index is 0.000000484. The van der Waals surface area contributed by atoms with E-state index in [1.165, 1.54) is 42.3 Å². The van der Waals surface area contributed by atoms with Crippen LogP contribution < -0.4 is 26.0 Å². The van der Waals surface area contributed by atoms with E-state index in [0.29, 0.717) is 54.6 Å². The molecule has 0 saturated heterocycles. The summed E-state index contributed by atoms with van der Waals surface area (Å²) >= 11 is 0. The molecule has 0 heterocycles. The van der Waals surface area contributed by atoms with E-state index < -0.39 is 27.6 Å². The minimum atomic E-state index is -9.45. The molecule has 0 aromatic heterocycles. The number of aliphatic hydroxyl groups excluding tert-OH is 3. The van der Waals surface area contributed by atoms with Crippen LogP contribution >= 0.6 is 10.2 Å². The zero-order valence-corrected chi connectivity index (χ0v) is 41.8. The van der Waals surface area contributed by atoms with E-state index in [1.807, 2.05) is 38.4 Å². The number of likely N-dealkylation sites (N-methyl/N-ethyl adjacent to an activating group) is 2. The van der Waals surface area contributed by atoms with E-state index in [0.717, 1.165) is 47.2 Å². The highest BCUT2D eigenvalue weighted by atomic mass is 32.5. The summed E-state index contributed by atoms with van der Waals surface area (Å²) in [5.74, 6) is 0.134. The number of carbonyl (C=O) groups is 2. The predicted octanol–water partition coefficient (Wildman–Crippen LogP) is 11.6. The smallest absolute Gasteiger partial charge is 0.406 e. The Morgan fingerprint density at radius 1 is 0.686 bits per heavy atom. The highest BCUT2D eigenvalue weighted by molar-refractivity contribution is 8.45. The van der Waals surface area contributed by atoms with Crippen molar-refractivity contribution in [3.8, 4) is 5.75 Å². The summed E-state index contributed by atoms with van der Waals surface area (Å²) in [5.41, 5.74) is 7.75. The summed E-state index contributed by atoms with van der Waals surface area (Å²) in [7, 11) is -5.75. The Hall–Kier alpha value is -5.31. The molecule has 70 heavy (non-hydrogen) atoms. The van der Waals surface area contributed by atoms with Crippen LogP contribution in [0.15, 0.2) is 115 Å². The fourth-order valence-electron chi connectivity index (χ4n) is 6.87. The van der Waals surface area contributed by atoms with Gasteiger partial charge >= 0.3 is 16.6 Å². The van der Waals surface area contributed by atoms with E-state index in [4.69, 9.17) is 0 Å². The summed E-state index contributed by atoms with van der Waals surface area (Å²) in [6, 6.07) is 20.3. The second kappa shape index (κ2) is 27.9. The number of alkyl halides is 3. The molecule has 2 amide bonds. The van der Waals surface area contributed by atoms with Gasteiger partial charge in [0.05, 0.1) is 12.6 Å². The van der Waals surface area contributed by atoms with Crippen LogP contribution in [0.25, 0.3) is 0 Å². The topological polar surface area (TPSA) is 152 Å². The fraction of sp³-hybridized carbons (Fsp3) is 0.412. The van der Waals surface area contributed by atoms with Gasteiger partial charge in [0.25, 0.3) is 0 Å². The average molecular weight is 1020 g/mol. The number of hydrogen-bond donors (Lipinski definition) is 7. The first-order valence-electron chi connectivity index (χ1n) is 22.5. The Morgan fingerprint density at radius 3 is 1.49 bits per heavy atom. The molecule has 5 atom stereocenters. The number of benzene rings is 4. The lowest BCUT2D eigenvalue weighted by molar-refractivity contribution is -0.274. The molecule has 7 N–H and O–H groups in total. The summed E-state index contributed by atoms with van der Waals surface area (Å²) < 4.78 is 98.9. The van der Waals surface area contributed by atoms with E-state index in [2.05, 4.69) is 79.0 Å². The van der Waals surface area contributed by atoms with Crippen LogP contribution in [0, 0.1) is 13.8 Å². The van der Waals surface area contributed by atoms with Gasteiger partial charge in [-0.25, -0.2) is 0 Å². The summed E-state index contributed by atoms with van der Waals surface area (Å²) in [6.07, 6.45) is -0.409. The van der Waals surface area contributed by atoms with E-state index in [-0.39, 0.29) is 42.9 Å². The van der Waals surface area contributed by atoms with Gasteiger partial charge in [-0.2, -0.15) is 0 Å². The van der Waals surface area contributed by atoms with Gasteiger partial charge in [0.1, 0.15) is 16.7 Å². The molecule has 4 aromatic rings. The lowest BCUT2D eigenvalue weighted by Crippen LogP contribution is -2.34. The SMILES string of the molecule is C=CC(=O)NCC(NC)c1c(C(C)CC)cccc1C(O)CO.C=CC(=O)NCC(NC)c1c(CCO)cccc1C(C)CC.Cc1ccc(OC(F)(F)F)cc1.Cc1ccc(S(F)(F)(F)(F)F)cc1. The number of aliphatic hydroxyl groups is 3. The largest absolute Gasteiger partial charge is 0.573 e. The summed E-state index contributed by atoms with van der Waals surface area (Å²) in [5, 5.41) is 41.0. The number of hydrogen-bond acceptors (Lipinski definition) is 8. The van der Waals surface area contributed by atoms with Gasteiger partial charge < -0.3 is 41.3 Å². The lowest BCUT2D eigenvalue weighted by Gasteiger charge is -2.40. The molecule has 0 aliphatic heterocycles. The normalized spacial score (nSPS) is 14.3. The zero-order valence-electron chi connectivity index (χ0n) is 41.0. The first kappa shape index (κ1) is 62.7. The second-order valence-electron chi connectivity index (χ2n) is 16.3. The molecule has 19 heteroatoms. The minimum Gasteiger partial charge on any atom is -0.406 e. The molecule has 392 valence electrons. The maximum Gasteiger partial charge on any atom is 0.573 e. The quantitative estimate of drug-likeness (QED) is 0.0341. The van der Waals surface area contributed by atoms with Crippen LogP contribution in [0.5, 0.6) is 5.75 Å². The number of ether oxygens (including phenoxy) is 1. The van der Waals surface area contributed by atoms with E-state index in [1.54, 1.807) is 19.1 Å². The molecular formula is C51H70F8N4O6S. The summed E-state index contributed by atoms with van der Waals surface area (Å²) in [4.78, 5) is 21.1. The lowest BCUT2D eigenvalue weighted by atomic mass is 9.85. The van der Waals surface area contributed by atoms with Crippen molar-refractivity contribution in [1.82, 2.24) is 21.3 Å². The van der Waals surface area contributed by atoms with Crippen molar-refractivity contribution in [2.75, 3.05) is 40.4 Å². The van der Waals surface area contributed by atoms with Gasteiger partial charge in [-0.3, -0.25) is 9.59 Å². The highest BCUT2D eigenvalue weighted by Gasteiger charge is 2.65. The van der Waals surface area contributed by atoms with Crippen LogP contribution in [-0.2, 0) is 16.0 Å². The van der Waals surface area contributed by atoms with Crippen molar-refractivity contribution in [3.05, 3.63) is 155 Å². The second-order valence-corrected chi connectivity index (χ2v) is 18.7. The number of nitrogens with one attached hydrogen (secondary N) is 4. The molecule has 0 aliphatic carbocycles. The van der Waals surface area contributed by atoms with Gasteiger partial charge in [0, 0.05) is 25.7 Å². The summed E-state index contributed by atoms with van der Waals surface area (Å²) in [6.45, 7) is 19.5. The minimum absolute atomic E-state index is 0.00986. The van der Waals surface area contributed by atoms with Crippen LogP contribution in [0.2, 0.25) is 0 Å². The monoisotopic (exact) mass is 1020 g/mol. The first-order chi connectivity index (χ1) is 32.5. The van der Waals surface area contributed by atoms with Crippen LogP contribution in [0.1, 0.15) is 115 Å². The van der Waals surface area contributed by atoms with E-state index >= 15 is 0 Å². The van der Waals surface area contributed by atoms with Crippen LogP contribution in [0.3, 0.4) is 0 Å². The molecule has 0 spiro atoms. The van der Waals surface area contributed by atoms with Crippen molar-refractivity contribution in [2.24, 2.45) is 0 Å². The predicted molar refractivity (Wildman–Crippen MR) is 264 cm³/mol. The molecule has 10 nitrogen and oxygen atoms in total. The third-order valence-corrected chi connectivity index (χ3v) is 12.2. The van der Waals surface area contributed by atoms with Crippen molar-refractivity contribution in [2.45, 2.75) is 102 Å². The number of halogens is 8. The molecular weight excluding hydrogens is 949 g/mol. The zero-order chi connectivity index (χ0) is 53.5. The third-order valence-electron chi connectivity index (χ3n) is 11.0. The Bertz CT molecular complexity index is 2220. The van der Waals surface area contributed by atoms with Crippen molar-refractivity contribution < 1.29 is 62.2 Å². The third kappa shape index (κ3) is 21.8. The molecule has 4 aromatic carbocycles. The fourth-order valence-corrected chi connectivity index (χ4v) is 7.52. The van der Waals surface area contributed by atoms with Gasteiger partial charge in [-0.1, -0.05) is 132 Å². The van der Waals surface area contributed by atoms with Crippen LogP contribution in [0.4, 0.5) is 32.6 Å². The van der Waals surface area contributed by atoms with Crippen molar-refractivity contribution in [3.63, 3.8) is 0 Å². The Kier molecular flexibility index (Phi) is 25.0. The molecule has 4 rings (SSSR count). The number of aryl methyl sites for hydroxylation is 2. The van der Waals surface area contributed by atoms with Gasteiger partial charge in [0.2, 0.25) is 11.8 Å². The Labute approximate surface area is 407 Å². The number of carbonyl (C=O) groups excluding carboxylic acids is 2. The molecule has 0 saturated carbocycles. The Morgan fingerprint density at radius 2 is 1.10 bits per heavy atom. The van der Waals surface area contributed by atoms with Crippen LogP contribution in [-0.4, -0.2) is 73.9 Å². The van der Waals surface area contributed by atoms with Crippen molar-refractivity contribution in [1.29, 1.82) is 0 Å². The average Bonchev–Trinajstić information content (AvgIpc) is 3.31. The highest BCUT2D eigenvalue weighted by Crippen LogP contribution is 3.02. The molecule has 5 unspecified atom stereocenters. The van der Waals surface area contributed by atoms with Gasteiger partial charge in [-0.15, -0.1) is 13.2 Å². The van der Waals surface area contributed by atoms with Crippen molar-refractivity contribution >= 4 is 22.0 Å². The maximum absolute atomic E-state index is 12.1. The maximum atomic E-state index is 12.1. The van der Waals surface area contributed by atoms with Gasteiger partial charge in [-0.05, 0) is 129 Å². The standard InChI is InChI=1S/C18H28N2O3.C18H28N2O2.C8H7F3O.C7H7F5S/c1-5-12(3)13-8-7-9-14(16(22)11-21)18(13)15(19-4)10-20-17(23)6-2;1-5-13(3)15-9-7-8-14(10-11-21)18(15)16(19-4)12-20-17(22)6-2;1-6-2-4-7(5-3-6)12-8(9,10)11;1-6-2-4-7(5-3-6)13(8,9,10,11)12/h6-9,12,15-16,19,21-22H,2,5,10-11H2,1,3-4H3,(H,20,23);6-9,13,16,19,21H,2,5,10-12H2,1,3-4H3,(H,20,22);2-5H,1H3;2-5H,1H3. The molecule has 0 aliphatic rings. The van der Waals surface area contributed by atoms with Gasteiger partial charge in [0.15, 0.2) is 0 Å².